The molecule has 1 unspecified atom stereocenters. The number of fused-ring (bicyclic) bond motifs is 1. The number of benzene rings is 2. The van der Waals surface area contributed by atoms with Gasteiger partial charge in [0, 0.05) is 30.6 Å². The third-order valence-corrected chi connectivity index (χ3v) is 6.87. The fourth-order valence-corrected chi connectivity index (χ4v) is 4.77. The van der Waals surface area contributed by atoms with Crippen molar-refractivity contribution < 1.29 is 9.84 Å². The maximum absolute atomic E-state index is 13.4. The van der Waals surface area contributed by atoms with Gasteiger partial charge in [-0.1, -0.05) is 48.9 Å². The Morgan fingerprint density at radius 1 is 1.08 bits per heavy atom. The molecule has 1 N–H and O–H groups in total. The molecule has 4 rings (SSSR count). The monoisotopic (exact) mass is 509 g/mol. The Labute approximate surface area is 215 Å². The summed E-state index contributed by atoms with van der Waals surface area (Å²) in [5, 5.41) is 9.93. The van der Waals surface area contributed by atoms with Gasteiger partial charge in [0.05, 0.1) is 5.56 Å². The van der Waals surface area contributed by atoms with E-state index < -0.39 is 5.69 Å². The minimum Gasteiger partial charge on any atom is -0.442 e. The summed E-state index contributed by atoms with van der Waals surface area (Å²) in [5.74, 6) is 1.49. The van der Waals surface area contributed by atoms with E-state index in [1.165, 1.54) is 9.13 Å². The average molecular weight is 510 g/mol. The number of halogens is 1. The van der Waals surface area contributed by atoms with Gasteiger partial charge in [0.2, 0.25) is 0 Å². The standard InChI is InChI=1S/C28H32ClN3O4/c1-3-20-8-5-6-9-24(20)36-26-21(18-19-10-13-22(29)14-11-19)12-15-23-25(30-26)31(4-2)28(35)32(27(23)34)16-7-17-33/h5-6,8-11,13-14,21,33H,3-4,7,12,15-18H2,1-2H3. The molecule has 1 aliphatic heterocycles. The van der Waals surface area contributed by atoms with Crippen molar-refractivity contribution in [2.75, 3.05) is 6.61 Å². The maximum atomic E-state index is 13.4. The molecule has 0 saturated carbocycles. The largest absolute Gasteiger partial charge is 0.442 e. The van der Waals surface area contributed by atoms with E-state index >= 15 is 0 Å². The molecule has 7 nitrogen and oxygen atoms in total. The van der Waals surface area contributed by atoms with Gasteiger partial charge >= 0.3 is 5.69 Å². The lowest BCUT2D eigenvalue weighted by Crippen LogP contribution is -2.41. The first kappa shape index (κ1) is 25.9. The molecule has 36 heavy (non-hydrogen) atoms. The van der Waals surface area contributed by atoms with E-state index in [0.29, 0.717) is 54.5 Å². The molecule has 0 spiro atoms. The number of rotatable bonds is 8. The molecular weight excluding hydrogens is 478 g/mol. The van der Waals surface area contributed by atoms with E-state index in [2.05, 4.69) is 6.92 Å². The lowest BCUT2D eigenvalue weighted by molar-refractivity contribution is 0.277. The summed E-state index contributed by atoms with van der Waals surface area (Å²) in [4.78, 5) is 31.5. The Morgan fingerprint density at radius 2 is 1.83 bits per heavy atom. The van der Waals surface area contributed by atoms with Gasteiger partial charge in [-0.05, 0) is 68.4 Å². The predicted molar refractivity (Wildman–Crippen MR) is 143 cm³/mol. The zero-order valence-electron chi connectivity index (χ0n) is 20.7. The van der Waals surface area contributed by atoms with Crippen LogP contribution in [0.25, 0.3) is 0 Å². The van der Waals surface area contributed by atoms with Crippen molar-refractivity contribution in [1.29, 1.82) is 0 Å². The van der Waals surface area contributed by atoms with Crippen molar-refractivity contribution in [2.45, 2.75) is 59.0 Å². The quantitative estimate of drug-likeness (QED) is 0.483. The second-order valence-electron chi connectivity index (χ2n) is 8.94. The molecule has 190 valence electrons. The minimum absolute atomic E-state index is 0.0920. The highest BCUT2D eigenvalue weighted by Gasteiger charge is 2.28. The Hall–Kier alpha value is -3.16. The molecule has 0 aliphatic carbocycles. The number of hydrogen-bond acceptors (Lipinski definition) is 5. The van der Waals surface area contributed by atoms with E-state index in [9.17, 15) is 14.7 Å². The van der Waals surface area contributed by atoms with Crippen LogP contribution in [-0.2, 0) is 32.4 Å². The van der Waals surface area contributed by atoms with Crippen molar-refractivity contribution in [3.63, 3.8) is 0 Å². The molecule has 1 aromatic heterocycles. The number of hydrogen-bond donors (Lipinski definition) is 1. The first-order valence-corrected chi connectivity index (χ1v) is 12.9. The summed E-state index contributed by atoms with van der Waals surface area (Å²) in [6, 6.07) is 15.6. The van der Waals surface area contributed by atoms with E-state index in [4.69, 9.17) is 21.3 Å². The van der Waals surface area contributed by atoms with Gasteiger partial charge in [-0.25, -0.2) is 4.79 Å². The summed E-state index contributed by atoms with van der Waals surface area (Å²) in [6.07, 6.45) is 2.91. The smallest absolute Gasteiger partial charge is 0.332 e. The molecule has 0 saturated heterocycles. The Balaban J connectivity index is 1.84. The lowest BCUT2D eigenvalue weighted by Gasteiger charge is -2.19. The van der Waals surface area contributed by atoms with Crippen molar-refractivity contribution in [3.8, 4) is 5.75 Å². The van der Waals surface area contributed by atoms with Crippen molar-refractivity contribution in [3.05, 3.63) is 91.1 Å². The van der Waals surface area contributed by atoms with Crippen LogP contribution in [0.1, 0.15) is 43.4 Å². The molecule has 2 heterocycles. The Kier molecular flexibility index (Phi) is 8.44. The van der Waals surface area contributed by atoms with Crippen LogP contribution in [0.5, 0.6) is 5.75 Å². The summed E-state index contributed by atoms with van der Waals surface area (Å²) in [7, 11) is 0. The highest BCUT2D eigenvalue weighted by molar-refractivity contribution is 6.30. The van der Waals surface area contributed by atoms with Crippen LogP contribution >= 0.6 is 11.6 Å². The highest BCUT2D eigenvalue weighted by atomic mass is 35.5. The zero-order chi connectivity index (χ0) is 25.7. The normalized spacial score (nSPS) is 15.2. The van der Waals surface area contributed by atoms with Crippen LogP contribution in [0.2, 0.25) is 5.02 Å². The highest BCUT2D eigenvalue weighted by Crippen LogP contribution is 2.30. The predicted octanol–water partition coefficient (Wildman–Crippen LogP) is 4.54. The van der Waals surface area contributed by atoms with Gasteiger partial charge in [-0.15, -0.1) is 0 Å². The molecule has 1 aliphatic rings. The van der Waals surface area contributed by atoms with Gasteiger partial charge < -0.3 is 9.84 Å². The average Bonchev–Trinajstić information content (AvgIpc) is 3.05. The van der Waals surface area contributed by atoms with Gasteiger partial charge in [0.1, 0.15) is 11.6 Å². The van der Waals surface area contributed by atoms with Gasteiger partial charge in [-0.3, -0.25) is 13.9 Å². The van der Waals surface area contributed by atoms with Crippen LogP contribution in [0, 0.1) is 5.92 Å². The van der Waals surface area contributed by atoms with E-state index in [-0.39, 0.29) is 24.6 Å². The van der Waals surface area contributed by atoms with E-state index in [1.807, 2.05) is 55.5 Å². The molecule has 0 fully saturated rings. The van der Waals surface area contributed by atoms with Crippen molar-refractivity contribution >= 4 is 23.3 Å². The summed E-state index contributed by atoms with van der Waals surface area (Å²) in [5.41, 5.74) is 1.91. The van der Waals surface area contributed by atoms with Crippen molar-refractivity contribution in [2.24, 2.45) is 10.9 Å². The second-order valence-corrected chi connectivity index (χ2v) is 9.38. The third kappa shape index (κ3) is 5.47. The minimum atomic E-state index is -0.414. The lowest BCUT2D eigenvalue weighted by atomic mass is 9.93. The molecule has 0 radical (unpaired) electrons. The first-order valence-electron chi connectivity index (χ1n) is 12.5. The number of aliphatic hydroxyl groups excluding tert-OH is 1. The number of aryl methyl sites for hydroxylation is 1. The van der Waals surface area contributed by atoms with Crippen LogP contribution < -0.4 is 16.0 Å². The number of nitrogens with zero attached hydrogens (tertiary/aromatic N) is 3. The Bertz CT molecular complexity index is 1360. The summed E-state index contributed by atoms with van der Waals surface area (Å²) >= 11 is 6.09. The second kappa shape index (κ2) is 11.7. The molecule has 1 atom stereocenters. The molecule has 8 heteroatoms. The van der Waals surface area contributed by atoms with Crippen molar-refractivity contribution in [1.82, 2.24) is 9.13 Å². The fourth-order valence-electron chi connectivity index (χ4n) is 4.65. The number of aromatic nitrogens is 2. The van der Waals surface area contributed by atoms with E-state index in [0.717, 1.165) is 23.3 Å². The summed E-state index contributed by atoms with van der Waals surface area (Å²) in [6.45, 7) is 4.38. The van der Waals surface area contributed by atoms with E-state index in [1.54, 1.807) is 0 Å². The van der Waals surface area contributed by atoms with Crippen LogP contribution in [-0.4, -0.2) is 26.7 Å². The number of aliphatic imine (C=N–C) groups is 1. The third-order valence-electron chi connectivity index (χ3n) is 6.62. The number of para-hydroxylation sites is 1. The molecule has 2 aromatic carbocycles. The Morgan fingerprint density at radius 3 is 2.53 bits per heavy atom. The van der Waals surface area contributed by atoms with Gasteiger partial charge in [-0.2, -0.15) is 4.99 Å². The van der Waals surface area contributed by atoms with Crippen LogP contribution in [0.4, 0.5) is 5.82 Å². The molecule has 0 amide bonds. The van der Waals surface area contributed by atoms with Gasteiger partial charge in [0.25, 0.3) is 5.56 Å². The number of aliphatic hydroxyl groups is 1. The first-order chi connectivity index (χ1) is 17.5. The van der Waals surface area contributed by atoms with Crippen LogP contribution in [0.15, 0.2) is 63.1 Å². The molecule has 3 aromatic rings. The van der Waals surface area contributed by atoms with Gasteiger partial charge in [0.15, 0.2) is 5.90 Å². The zero-order valence-corrected chi connectivity index (χ0v) is 21.5. The molecule has 0 bridgehead atoms. The SMILES string of the molecule is CCc1ccccc1OC1=Nc2c(c(=O)n(CCCO)c(=O)n2CC)CCC1Cc1ccc(Cl)cc1. The number of ether oxygens (including phenoxy) is 1. The fraction of sp³-hybridized carbons (Fsp3) is 0.393. The maximum Gasteiger partial charge on any atom is 0.332 e. The topological polar surface area (TPSA) is 85.8 Å². The van der Waals surface area contributed by atoms with Crippen LogP contribution in [0.3, 0.4) is 0 Å². The molecular formula is C28H32ClN3O4. The summed E-state index contributed by atoms with van der Waals surface area (Å²) < 4.78 is 9.22.